The number of tetrazole rings is 1. The highest BCUT2D eigenvalue weighted by Crippen LogP contribution is 2.27. The van der Waals surface area contributed by atoms with Gasteiger partial charge in [0.25, 0.3) is 0 Å². The van der Waals surface area contributed by atoms with E-state index in [1.165, 1.54) is 0 Å². The number of aromatic amines is 1. The lowest BCUT2D eigenvalue weighted by molar-refractivity contribution is 0.136. The maximum absolute atomic E-state index is 11.8. The van der Waals surface area contributed by atoms with Gasteiger partial charge in [0.1, 0.15) is 0 Å². The van der Waals surface area contributed by atoms with Gasteiger partial charge in [0, 0.05) is 27.2 Å². The van der Waals surface area contributed by atoms with Crippen LogP contribution in [-0.4, -0.2) is 63.6 Å². The number of hydrogen-bond donors (Lipinski definition) is 2. The summed E-state index contributed by atoms with van der Waals surface area (Å²) in [5.41, 5.74) is 5.65. The van der Waals surface area contributed by atoms with Crippen LogP contribution in [0.4, 0.5) is 4.79 Å². The Morgan fingerprint density at radius 3 is 2.59 bits per heavy atom. The Kier molecular flexibility index (Phi) is 2.97. The van der Waals surface area contributed by atoms with Gasteiger partial charge in [-0.15, -0.1) is 10.2 Å². The molecule has 8 nitrogen and oxygen atoms in total. The van der Waals surface area contributed by atoms with Crippen molar-refractivity contribution in [3.8, 4) is 0 Å². The van der Waals surface area contributed by atoms with Crippen molar-refractivity contribution >= 4 is 6.03 Å². The molecule has 17 heavy (non-hydrogen) atoms. The Bertz CT molecular complexity index is 380. The molecular weight excluding hydrogens is 222 g/mol. The quantitative estimate of drug-likeness (QED) is 0.663. The molecule has 1 saturated heterocycles. The van der Waals surface area contributed by atoms with E-state index >= 15 is 0 Å². The molecular formula is C9H17N7O. The van der Waals surface area contributed by atoms with Crippen LogP contribution in [0.3, 0.4) is 0 Å². The number of H-pyrrole nitrogens is 1. The Morgan fingerprint density at radius 1 is 1.47 bits per heavy atom. The number of rotatable bonds is 1. The van der Waals surface area contributed by atoms with Crippen molar-refractivity contribution in [2.75, 3.05) is 27.2 Å². The number of urea groups is 1. The van der Waals surface area contributed by atoms with Crippen LogP contribution < -0.4 is 5.73 Å². The maximum atomic E-state index is 11.8. The zero-order valence-electron chi connectivity index (χ0n) is 10.1. The normalized spacial score (nSPS) is 19.1. The van der Waals surface area contributed by atoms with E-state index in [1.54, 1.807) is 23.9 Å². The molecule has 2 rings (SSSR count). The van der Waals surface area contributed by atoms with E-state index in [4.69, 9.17) is 5.73 Å². The second-order valence-electron chi connectivity index (χ2n) is 4.56. The average molecular weight is 239 g/mol. The minimum absolute atomic E-state index is 0.0140. The van der Waals surface area contributed by atoms with Crippen molar-refractivity contribution in [1.29, 1.82) is 0 Å². The van der Waals surface area contributed by atoms with Crippen LogP contribution in [0.25, 0.3) is 0 Å². The Labute approximate surface area is 99.1 Å². The molecule has 0 saturated carbocycles. The number of nitrogens with two attached hydrogens (primary N) is 1. The summed E-state index contributed by atoms with van der Waals surface area (Å²) in [7, 11) is 3.48. The van der Waals surface area contributed by atoms with Gasteiger partial charge in [-0.1, -0.05) is 5.21 Å². The molecule has 0 aliphatic carbocycles. The summed E-state index contributed by atoms with van der Waals surface area (Å²) in [4.78, 5) is 15.1. The van der Waals surface area contributed by atoms with Crippen LogP contribution in [0, 0.1) is 0 Å². The van der Waals surface area contributed by atoms with Crippen LogP contribution in [0.5, 0.6) is 0 Å². The van der Waals surface area contributed by atoms with E-state index in [-0.39, 0.29) is 6.03 Å². The fraction of sp³-hybridized carbons (Fsp3) is 0.778. The molecule has 1 fully saturated rings. The van der Waals surface area contributed by atoms with Gasteiger partial charge in [0.15, 0.2) is 5.82 Å². The van der Waals surface area contributed by atoms with E-state index in [9.17, 15) is 4.79 Å². The molecule has 0 aromatic carbocycles. The summed E-state index contributed by atoms with van der Waals surface area (Å²) in [5.74, 6) is 0.523. The number of nitrogens with one attached hydrogen (secondary N) is 1. The molecule has 2 heterocycles. The number of hydrogen-bond acceptors (Lipinski definition) is 5. The molecule has 0 atom stereocenters. The smallest absolute Gasteiger partial charge is 0.319 e. The third kappa shape index (κ3) is 2.21. The first-order valence-electron chi connectivity index (χ1n) is 5.52. The number of carbonyl (C=O) groups excluding carboxylic acids is 1. The molecule has 1 aliphatic rings. The Morgan fingerprint density at radius 2 is 2.12 bits per heavy atom. The van der Waals surface area contributed by atoms with Crippen LogP contribution in [0.15, 0.2) is 0 Å². The zero-order chi connectivity index (χ0) is 12.5. The van der Waals surface area contributed by atoms with Crippen LogP contribution in [0.1, 0.15) is 18.7 Å². The summed E-state index contributed by atoms with van der Waals surface area (Å²) in [6.45, 7) is 1.23. The zero-order valence-corrected chi connectivity index (χ0v) is 10.1. The summed E-state index contributed by atoms with van der Waals surface area (Å²) in [6, 6.07) is 0.0140. The monoisotopic (exact) mass is 239 g/mol. The fourth-order valence-electron chi connectivity index (χ4n) is 1.98. The standard InChI is InChI=1S/C9H17N7O/c1-15(2)8(17)16-5-3-9(10,4-6-16)7-11-13-14-12-7/h3-6,10H2,1-2H3,(H,11,12,13,14). The van der Waals surface area contributed by atoms with Gasteiger partial charge in [0.05, 0.1) is 5.54 Å². The summed E-state index contributed by atoms with van der Waals surface area (Å²) in [5, 5.41) is 13.8. The third-order valence-corrected chi connectivity index (χ3v) is 3.10. The number of carbonyl (C=O) groups is 1. The third-order valence-electron chi connectivity index (χ3n) is 3.10. The number of amides is 2. The second kappa shape index (κ2) is 4.28. The number of likely N-dealkylation sites (tertiary alicyclic amines) is 1. The first-order valence-corrected chi connectivity index (χ1v) is 5.52. The van der Waals surface area contributed by atoms with E-state index in [0.29, 0.717) is 31.8 Å². The molecule has 2 amide bonds. The highest BCUT2D eigenvalue weighted by molar-refractivity contribution is 5.73. The second-order valence-corrected chi connectivity index (χ2v) is 4.56. The molecule has 1 aromatic rings. The van der Waals surface area contributed by atoms with Crippen molar-refractivity contribution in [3.63, 3.8) is 0 Å². The largest absolute Gasteiger partial charge is 0.331 e. The van der Waals surface area contributed by atoms with Gasteiger partial charge in [0.2, 0.25) is 0 Å². The lowest BCUT2D eigenvalue weighted by atomic mass is 9.88. The van der Waals surface area contributed by atoms with Gasteiger partial charge in [-0.3, -0.25) is 0 Å². The predicted octanol–water partition coefficient (Wildman–Crippen LogP) is -0.869. The molecule has 0 unspecified atom stereocenters. The van der Waals surface area contributed by atoms with Crippen molar-refractivity contribution < 1.29 is 4.79 Å². The van der Waals surface area contributed by atoms with Gasteiger partial charge in [-0.05, 0) is 12.8 Å². The number of piperidine rings is 1. The SMILES string of the molecule is CN(C)C(=O)N1CCC(N)(c2nn[nH]n2)CC1. The van der Waals surface area contributed by atoms with Crippen molar-refractivity contribution in [1.82, 2.24) is 30.4 Å². The van der Waals surface area contributed by atoms with Crippen LogP contribution in [-0.2, 0) is 5.54 Å². The van der Waals surface area contributed by atoms with E-state index < -0.39 is 5.54 Å². The highest BCUT2D eigenvalue weighted by atomic mass is 16.2. The first kappa shape index (κ1) is 11.8. The molecule has 1 aliphatic heterocycles. The first-order chi connectivity index (χ1) is 8.03. The Hall–Kier alpha value is -1.70. The van der Waals surface area contributed by atoms with Crippen LogP contribution in [0.2, 0.25) is 0 Å². The molecule has 3 N–H and O–H groups in total. The fourth-order valence-corrected chi connectivity index (χ4v) is 1.98. The highest BCUT2D eigenvalue weighted by Gasteiger charge is 2.37. The predicted molar refractivity (Wildman–Crippen MR) is 59.9 cm³/mol. The number of aromatic nitrogens is 4. The summed E-state index contributed by atoms with van der Waals surface area (Å²) < 4.78 is 0. The topological polar surface area (TPSA) is 104 Å². The van der Waals surface area contributed by atoms with Crippen LogP contribution >= 0.6 is 0 Å². The maximum Gasteiger partial charge on any atom is 0.319 e. The summed E-state index contributed by atoms with van der Waals surface area (Å²) in [6.07, 6.45) is 1.29. The molecule has 0 spiro atoms. The van der Waals surface area contributed by atoms with Gasteiger partial charge in [-0.2, -0.15) is 5.21 Å². The molecule has 94 valence electrons. The van der Waals surface area contributed by atoms with E-state index in [0.717, 1.165) is 0 Å². The average Bonchev–Trinajstić information content (AvgIpc) is 2.83. The molecule has 0 radical (unpaired) electrons. The lowest BCUT2D eigenvalue weighted by Crippen LogP contribution is -2.52. The van der Waals surface area contributed by atoms with Gasteiger partial charge in [-0.25, -0.2) is 4.79 Å². The number of nitrogens with zero attached hydrogens (tertiary/aromatic N) is 5. The van der Waals surface area contributed by atoms with E-state index in [1.807, 2.05) is 0 Å². The molecule has 1 aromatic heterocycles. The van der Waals surface area contributed by atoms with Crippen molar-refractivity contribution in [3.05, 3.63) is 5.82 Å². The Balaban J connectivity index is 2.01. The lowest BCUT2D eigenvalue weighted by Gasteiger charge is -2.37. The minimum atomic E-state index is -0.573. The minimum Gasteiger partial charge on any atom is -0.331 e. The van der Waals surface area contributed by atoms with Crippen molar-refractivity contribution in [2.45, 2.75) is 18.4 Å². The summed E-state index contributed by atoms with van der Waals surface area (Å²) >= 11 is 0. The van der Waals surface area contributed by atoms with E-state index in [2.05, 4.69) is 20.6 Å². The van der Waals surface area contributed by atoms with Gasteiger partial charge < -0.3 is 15.5 Å². The molecule has 0 bridgehead atoms. The van der Waals surface area contributed by atoms with Gasteiger partial charge >= 0.3 is 6.03 Å². The van der Waals surface area contributed by atoms with Crippen molar-refractivity contribution in [2.24, 2.45) is 5.73 Å². The molecule has 8 heteroatoms.